The molecule has 2 rings (SSSR count). The number of benzene rings is 1. The summed E-state index contributed by atoms with van der Waals surface area (Å²) in [7, 11) is 0. The third-order valence-electron chi connectivity index (χ3n) is 9.64. The van der Waals surface area contributed by atoms with Crippen LogP contribution < -0.4 is 43.0 Å². The number of nitrogens with one attached hydrogen (secondary N) is 8. The number of fused-ring (bicyclic) bond motifs is 1. The summed E-state index contributed by atoms with van der Waals surface area (Å²) in [5.74, 6) is -7.10. The van der Waals surface area contributed by atoms with Crippen LogP contribution in [0.5, 0.6) is 0 Å². The molecule has 0 aliphatic heterocycles. The first-order chi connectivity index (χ1) is 28.7. The van der Waals surface area contributed by atoms with Crippen LogP contribution in [0.3, 0.4) is 0 Å². The molecular formula is C40H63N9O10S2. The van der Waals surface area contributed by atoms with Crippen molar-refractivity contribution in [3.63, 3.8) is 0 Å². The Kier molecular flexibility index (Phi) is 22.1. The molecule has 0 spiro atoms. The summed E-state index contributed by atoms with van der Waals surface area (Å²) < 4.78 is 0. The normalized spacial score (nSPS) is 14.8. The maximum absolute atomic E-state index is 14.0. The number of hydrogen-bond donors (Lipinski definition) is 12. The number of carbonyl (C=O) groups is 8. The van der Waals surface area contributed by atoms with E-state index in [0.29, 0.717) is 11.3 Å². The van der Waals surface area contributed by atoms with Crippen molar-refractivity contribution in [1.82, 2.24) is 42.2 Å². The van der Waals surface area contributed by atoms with E-state index in [1.165, 1.54) is 11.8 Å². The maximum atomic E-state index is 14.0. The van der Waals surface area contributed by atoms with Crippen LogP contribution in [0.1, 0.15) is 59.9 Å². The van der Waals surface area contributed by atoms with Gasteiger partial charge in [-0.1, -0.05) is 59.7 Å². The van der Waals surface area contributed by atoms with Gasteiger partial charge in [-0.15, -0.1) is 0 Å². The predicted octanol–water partition coefficient (Wildman–Crippen LogP) is -0.819. The molecule has 21 heteroatoms. The van der Waals surface area contributed by atoms with Gasteiger partial charge in [0, 0.05) is 29.3 Å². The smallest absolute Gasteiger partial charge is 0.327 e. The Labute approximate surface area is 365 Å². The zero-order chi connectivity index (χ0) is 46.0. The van der Waals surface area contributed by atoms with E-state index in [-0.39, 0.29) is 36.9 Å². The number of thiol groups is 1. The summed E-state index contributed by atoms with van der Waals surface area (Å²) in [6.45, 7) is 9.03. The third kappa shape index (κ3) is 16.8. The number of hydrogen-bond acceptors (Lipinski definition) is 12. The van der Waals surface area contributed by atoms with E-state index in [9.17, 15) is 48.6 Å². The lowest BCUT2D eigenvalue weighted by Crippen LogP contribution is -2.59. The molecule has 7 amide bonds. The quantitative estimate of drug-likeness (QED) is 0.0516. The number of aromatic amines is 1. The molecule has 61 heavy (non-hydrogen) atoms. The minimum absolute atomic E-state index is 0.0199. The molecule has 19 nitrogen and oxygen atoms in total. The lowest BCUT2D eigenvalue weighted by molar-refractivity contribution is -0.141. The molecule has 12 N–H and O–H groups in total. The van der Waals surface area contributed by atoms with Crippen molar-refractivity contribution in [2.45, 2.75) is 103 Å². The molecule has 1 heterocycles. The van der Waals surface area contributed by atoms with E-state index < -0.39 is 109 Å². The minimum Gasteiger partial charge on any atom is -0.480 e. The summed E-state index contributed by atoms with van der Waals surface area (Å²) in [5.41, 5.74) is 7.32. The SMILES string of the molecule is CSCC[C@H](NC(=O)CNC(=O)[C@@H](NC(=O)[C@H](CO)NC(=O)[C@@H](N)C(C)C)C(C)C)C(=O)N[C@@H](CC(C)C)C(=O)N[C@@H](Cc1c[nH]c2ccccc12)C(=O)N[C@@H](CS)C(=O)O. The predicted molar refractivity (Wildman–Crippen MR) is 235 cm³/mol. The number of carbonyl (C=O) groups excluding carboxylic acids is 7. The van der Waals surface area contributed by atoms with E-state index in [4.69, 9.17) is 5.73 Å². The number of aliphatic hydroxyl groups excluding tert-OH is 1. The molecule has 2 aromatic rings. The average Bonchev–Trinajstić information content (AvgIpc) is 3.62. The largest absolute Gasteiger partial charge is 0.480 e. The van der Waals surface area contributed by atoms with E-state index in [1.54, 1.807) is 40.1 Å². The summed E-state index contributed by atoms with van der Waals surface area (Å²) in [5, 5.41) is 37.9. The van der Waals surface area contributed by atoms with Gasteiger partial charge in [-0.05, 0) is 54.2 Å². The van der Waals surface area contributed by atoms with Gasteiger partial charge in [0.15, 0.2) is 0 Å². The van der Waals surface area contributed by atoms with Gasteiger partial charge in [0.25, 0.3) is 0 Å². The number of thioether (sulfide) groups is 1. The first kappa shape index (κ1) is 52.3. The number of aliphatic carboxylic acids is 1. The second kappa shape index (κ2) is 25.8. The van der Waals surface area contributed by atoms with E-state index in [2.05, 4.69) is 54.8 Å². The highest BCUT2D eigenvalue weighted by atomic mass is 32.2. The molecule has 0 fully saturated rings. The number of H-pyrrole nitrogens is 1. The first-order valence-corrected chi connectivity index (χ1v) is 22.1. The molecule has 0 saturated heterocycles. The lowest BCUT2D eigenvalue weighted by Gasteiger charge is -2.27. The topological polar surface area (TPSA) is 303 Å². The van der Waals surface area contributed by atoms with Crippen molar-refractivity contribution in [3.8, 4) is 0 Å². The zero-order valence-electron chi connectivity index (χ0n) is 35.7. The Bertz CT molecular complexity index is 1830. The van der Waals surface area contributed by atoms with E-state index >= 15 is 0 Å². The number of rotatable bonds is 26. The zero-order valence-corrected chi connectivity index (χ0v) is 37.4. The number of aliphatic hydroxyl groups is 1. The van der Waals surface area contributed by atoms with Crippen LogP contribution in [-0.2, 0) is 44.8 Å². The van der Waals surface area contributed by atoms with E-state index in [0.717, 1.165) is 10.9 Å². The standard InChI is InChI=1S/C40H63N9O10S2/c1-20(2)14-27(35(53)46-28(36(54)48-30(19-60)40(58)59)15-23-16-42-25-11-9-8-10-24(23)25)45-34(52)26(12-13-61-7)44-31(51)17-43-39(57)33(22(5)6)49-37(55)29(18-50)47-38(56)32(41)21(3)4/h8-11,16,20-22,26-30,32-33,42,50,60H,12-15,17-19,41H2,1-7H3,(H,43,57)(H,44,51)(H,45,52)(H,46,53)(H,47,56)(H,48,54)(H,49,55)(H,58,59)/t26-,27-,28-,29-,30-,32-,33-/m0/s1. The molecule has 0 bridgehead atoms. The van der Waals surface area contributed by atoms with Gasteiger partial charge in [0.05, 0.1) is 19.2 Å². The third-order valence-corrected chi connectivity index (χ3v) is 10.6. The van der Waals surface area contributed by atoms with Gasteiger partial charge in [-0.25, -0.2) is 4.79 Å². The minimum atomic E-state index is -1.39. The number of aromatic nitrogens is 1. The Morgan fingerprint density at radius 1 is 0.738 bits per heavy atom. The van der Waals surface area contributed by atoms with Crippen molar-refractivity contribution in [2.24, 2.45) is 23.5 Å². The fourth-order valence-electron chi connectivity index (χ4n) is 6.02. The highest BCUT2D eigenvalue weighted by Crippen LogP contribution is 2.20. The lowest BCUT2D eigenvalue weighted by atomic mass is 10.00. The van der Waals surface area contributed by atoms with Gasteiger partial charge in [0.2, 0.25) is 41.4 Å². The Morgan fingerprint density at radius 2 is 1.31 bits per heavy atom. The van der Waals surface area contributed by atoms with Crippen molar-refractivity contribution in [2.75, 3.05) is 30.9 Å². The highest BCUT2D eigenvalue weighted by molar-refractivity contribution is 7.98. The van der Waals surface area contributed by atoms with Gasteiger partial charge >= 0.3 is 5.97 Å². The van der Waals surface area contributed by atoms with Crippen LogP contribution in [0.25, 0.3) is 10.9 Å². The molecule has 0 unspecified atom stereocenters. The Balaban J connectivity index is 2.21. The summed E-state index contributed by atoms with van der Waals surface area (Å²) in [6.07, 6.45) is 3.76. The number of nitrogens with two attached hydrogens (primary N) is 1. The monoisotopic (exact) mass is 893 g/mol. The molecule has 0 aliphatic carbocycles. The van der Waals surface area contributed by atoms with E-state index in [1.807, 2.05) is 38.1 Å². The number of amides is 7. The first-order valence-electron chi connectivity index (χ1n) is 20.1. The van der Waals surface area contributed by atoms with Crippen LogP contribution in [0.2, 0.25) is 0 Å². The highest BCUT2D eigenvalue weighted by Gasteiger charge is 2.33. The molecule has 340 valence electrons. The Hall–Kier alpha value is -4.86. The van der Waals surface area contributed by atoms with Crippen molar-refractivity contribution < 1.29 is 48.6 Å². The summed E-state index contributed by atoms with van der Waals surface area (Å²) in [4.78, 5) is 108. The number of carboxylic acid groups (broad SMARTS) is 1. The second-order valence-electron chi connectivity index (χ2n) is 15.8. The van der Waals surface area contributed by atoms with Crippen LogP contribution in [-0.4, -0.2) is 136 Å². The molecule has 7 atom stereocenters. The van der Waals surface area contributed by atoms with Crippen LogP contribution in [0, 0.1) is 17.8 Å². The fourth-order valence-corrected chi connectivity index (χ4v) is 6.73. The van der Waals surface area contributed by atoms with Crippen molar-refractivity contribution >= 4 is 82.6 Å². The van der Waals surface area contributed by atoms with Gasteiger partial charge in [0.1, 0.15) is 36.3 Å². The second-order valence-corrected chi connectivity index (χ2v) is 17.1. The molecule has 0 saturated carbocycles. The van der Waals surface area contributed by atoms with Crippen LogP contribution >= 0.6 is 24.4 Å². The van der Waals surface area contributed by atoms with Gasteiger partial charge in [-0.2, -0.15) is 24.4 Å². The Morgan fingerprint density at radius 3 is 1.89 bits per heavy atom. The molecular weight excluding hydrogens is 831 g/mol. The maximum Gasteiger partial charge on any atom is 0.327 e. The average molecular weight is 894 g/mol. The summed E-state index contributed by atoms with van der Waals surface area (Å²) >= 11 is 5.44. The van der Waals surface area contributed by atoms with Crippen molar-refractivity contribution in [1.29, 1.82) is 0 Å². The van der Waals surface area contributed by atoms with Crippen molar-refractivity contribution in [3.05, 3.63) is 36.0 Å². The molecule has 0 aliphatic rings. The van der Waals surface area contributed by atoms with Crippen LogP contribution in [0.4, 0.5) is 0 Å². The molecule has 1 aromatic carbocycles. The summed E-state index contributed by atoms with van der Waals surface area (Å²) in [6, 6.07) is -1.09. The van der Waals surface area contributed by atoms with Gasteiger partial charge < -0.3 is 58.1 Å². The number of para-hydroxylation sites is 1. The molecule has 0 radical (unpaired) electrons. The fraction of sp³-hybridized carbons (Fsp3) is 0.600. The van der Waals surface area contributed by atoms with Gasteiger partial charge in [-0.3, -0.25) is 33.6 Å². The number of carboxylic acids is 1. The molecule has 1 aromatic heterocycles. The van der Waals surface area contributed by atoms with Crippen LogP contribution in [0.15, 0.2) is 30.5 Å².